The number of benzene rings is 2. The number of morpholine rings is 1. The lowest BCUT2D eigenvalue weighted by Crippen LogP contribution is -2.36. The highest BCUT2D eigenvalue weighted by atomic mass is 32.1. The molecule has 5 rings (SSSR count). The minimum Gasteiger partial charge on any atom is -0.378 e. The molecule has 2 aromatic carbocycles. The van der Waals surface area contributed by atoms with Crippen LogP contribution in [0, 0.1) is 0 Å². The van der Waals surface area contributed by atoms with Crippen LogP contribution in [0.3, 0.4) is 0 Å². The molecule has 0 radical (unpaired) electrons. The Morgan fingerprint density at radius 1 is 1.16 bits per heavy atom. The second kappa shape index (κ2) is 8.94. The molecule has 0 saturated carbocycles. The number of rotatable bonds is 5. The van der Waals surface area contributed by atoms with Crippen LogP contribution in [0.4, 0.5) is 23.0 Å². The third-order valence-corrected chi connectivity index (χ3v) is 6.12. The Morgan fingerprint density at radius 2 is 1.97 bits per heavy atom. The maximum Gasteiger partial charge on any atom is 0.227 e. The number of carbonyl (C=O) groups is 1. The number of aromatic nitrogens is 2. The summed E-state index contributed by atoms with van der Waals surface area (Å²) >= 11 is 1.53. The van der Waals surface area contributed by atoms with Gasteiger partial charge in [-0.15, -0.1) is 11.3 Å². The predicted octanol–water partition coefficient (Wildman–Crippen LogP) is 4.90. The summed E-state index contributed by atoms with van der Waals surface area (Å²) in [5, 5.41) is 7.98. The first-order chi connectivity index (χ1) is 16.1. The van der Waals surface area contributed by atoms with Crippen molar-refractivity contribution < 1.29 is 10.9 Å². The fourth-order valence-electron chi connectivity index (χ4n) is 3.67. The van der Waals surface area contributed by atoms with E-state index in [0.29, 0.717) is 17.2 Å². The zero-order valence-corrected chi connectivity index (χ0v) is 18.4. The van der Waals surface area contributed by atoms with E-state index in [1.807, 2.05) is 29.6 Å². The number of ether oxygens (including phenoxy) is 1. The monoisotopic (exact) mass is 446 g/mol. The van der Waals surface area contributed by atoms with Crippen LogP contribution < -0.4 is 15.5 Å². The molecule has 32 heavy (non-hydrogen) atoms. The number of amides is 1. The van der Waals surface area contributed by atoms with Crippen LogP contribution in [0.25, 0.3) is 21.3 Å². The van der Waals surface area contributed by atoms with E-state index < -0.39 is 0 Å². The minimum absolute atomic E-state index is 0.204. The molecule has 1 saturated heterocycles. The van der Waals surface area contributed by atoms with E-state index in [4.69, 9.17) is 11.1 Å². The van der Waals surface area contributed by atoms with Crippen molar-refractivity contribution >= 4 is 50.5 Å². The molecule has 1 fully saturated rings. The van der Waals surface area contributed by atoms with Crippen molar-refractivity contribution in [1.29, 1.82) is 0 Å². The number of hydrogen-bond donors (Lipinski definition) is 2. The third kappa shape index (κ3) is 4.42. The van der Waals surface area contributed by atoms with Gasteiger partial charge >= 0.3 is 0 Å². The molecule has 0 spiro atoms. The second-order valence-corrected chi connectivity index (χ2v) is 8.40. The Bertz CT molecular complexity index is 1300. The van der Waals surface area contributed by atoms with E-state index in [1.165, 1.54) is 23.9 Å². The zero-order valence-electron chi connectivity index (χ0n) is 18.6. The number of carbonyl (C=O) groups excluding carboxylic acids is 1. The van der Waals surface area contributed by atoms with Crippen molar-refractivity contribution in [2.24, 2.45) is 0 Å². The molecule has 0 bridgehead atoms. The van der Waals surface area contributed by atoms with Crippen LogP contribution in [0.15, 0.2) is 60.1 Å². The first-order valence-electron chi connectivity index (χ1n) is 10.9. The van der Waals surface area contributed by atoms with Crippen molar-refractivity contribution in [3.8, 4) is 11.1 Å². The van der Waals surface area contributed by atoms with Gasteiger partial charge in [0.05, 0.1) is 31.0 Å². The average molecular weight is 447 g/mol. The van der Waals surface area contributed by atoms with Gasteiger partial charge in [-0.05, 0) is 41.9 Å². The van der Waals surface area contributed by atoms with Crippen molar-refractivity contribution in [3.63, 3.8) is 0 Å². The summed E-state index contributed by atoms with van der Waals surface area (Å²) in [7, 11) is 0. The summed E-state index contributed by atoms with van der Waals surface area (Å²) in [4.78, 5) is 23.0. The quantitative estimate of drug-likeness (QED) is 0.454. The first-order valence-corrected chi connectivity index (χ1v) is 11.3. The van der Waals surface area contributed by atoms with Gasteiger partial charge in [-0.25, -0.2) is 9.97 Å². The molecule has 7 nitrogen and oxygen atoms in total. The molecule has 1 aliphatic rings. The van der Waals surface area contributed by atoms with Crippen LogP contribution in [0.5, 0.6) is 0 Å². The molecular formula is C24H23N5O2S. The Morgan fingerprint density at radius 3 is 2.75 bits per heavy atom. The van der Waals surface area contributed by atoms with Crippen LogP contribution in [-0.4, -0.2) is 42.2 Å². The molecule has 4 aromatic rings. The lowest BCUT2D eigenvalue weighted by atomic mass is 10.1. The van der Waals surface area contributed by atoms with Crippen LogP contribution in [0.1, 0.15) is 8.29 Å². The lowest BCUT2D eigenvalue weighted by Gasteiger charge is -2.28. The smallest absolute Gasteiger partial charge is 0.227 e. The normalized spacial score (nSPS) is 14.3. The van der Waals surface area contributed by atoms with Crippen LogP contribution in [0.2, 0.25) is 0 Å². The average Bonchev–Trinajstić information content (AvgIpc) is 3.24. The summed E-state index contributed by atoms with van der Waals surface area (Å²) in [5.74, 6) is 0.287. The Labute approximate surface area is 191 Å². The highest BCUT2D eigenvalue weighted by molar-refractivity contribution is 7.17. The van der Waals surface area contributed by atoms with E-state index in [1.54, 1.807) is 12.3 Å². The summed E-state index contributed by atoms with van der Waals surface area (Å²) < 4.78 is 14.9. The Kier molecular flexibility index (Phi) is 5.37. The summed E-state index contributed by atoms with van der Waals surface area (Å²) in [6.07, 6.45) is 1.79. The van der Waals surface area contributed by atoms with Gasteiger partial charge in [0.2, 0.25) is 11.9 Å². The predicted molar refractivity (Wildman–Crippen MR) is 130 cm³/mol. The van der Waals surface area contributed by atoms with Gasteiger partial charge in [0.15, 0.2) is 0 Å². The molecule has 1 amide bonds. The summed E-state index contributed by atoms with van der Waals surface area (Å²) in [6.45, 7) is 4.74. The van der Waals surface area contributed by atoms with Gasteiger partial charge < -0.3 is 20.3 Å². The summed E-state index contributed by atoms with van der Waals surface area (Å²) in [5.41, 5.74) is 4.88. The number of thiophene rings is 1. The van der Waals surface area contributed by atoms with Crippen LogP contribution in [-0.2, 0) is 9.53 Å². The van der Waals surface area contributed by atoms with E-state index in [2.05, 4.69) is 32.7 Å². The zero-order chi connectivity index (χ0) is 22.8. The minimum atomic E-state index is -0.204. The lowest BCUT2D eigenvalue weighted by molar-refractivity contribution is -0.114. The molecular weight excluding hydrogens is 422 g/mol. The molecule has 3 heterocycles. The third-order valence-electron chi connectivity index (χ3n) is 5.21. The molecule has 8 heteroatoms. The SMILES string of the molecule is [2H]c1c(NC(C)=O)cccc1-c1csc2cnc(Nc3ccc(N4CCOCC4)cc3)nc12. The maximum atomic E-state index is 11.5. The maximum absolute atomic E-state index is 11.5. The van der Waals surface area contributed by atoms with Gasteiger partial charge in [0.1, 0.15) is 0 Å². The van der Waals surface area contributed by atoms with Crippen LogP contribution >= 0.6 is 11.3 Å². The van der Waals surface area contributed by atoms with E-state index in [-0.39, 0.29) is 11.9 Å². The number of nitrogens with zero attached hydrogens (tertiary/aromatic N) is 3. The molecule has 0 aliphatic carbocycles. The van der Waals surface area contributed by atoms with E-state index >= 15 is 0 Å². The topological polar surface area (TPSA) is 79.4 Å². The largest absolute Gasteiger partial charge is 0.378 e. The van der Waals surface area contributed by atoms with Gasteiger partial charge in [0, 0.05) is 48.0 Å². The van der Waals surface area contributed by atoms with Gasteiger partial charge in [-0.1, -0.05) is 12.1 Å². The molecule has 162 valence electrons. The van der Waals surface area contributed by atoms with Gasteiger partial charge in [-0.3, -0.25) is 4.79 Å². The highest BCUT2D eigenvalue weighted by Crippen LogP contribution is 2.34. The Balaban J connectivity index is 1.41. The van der Waals surface area contributed by atoms with E-state index in [0.717, 1.165) is 47.8 Å². The molecule has 2 N–H and O–H groups in total. The fourth-order valence-corrected chi connectivity index (χ4v) is 4.54. The number of hydrogen-bond acceptors (Lipinski definition) is 7. The molecule has 1 aliphatic heterocycles. The van der Waals surface area contributed by atoms with Crippen molar-refractivity contribution in [2.75, 3.05) is 41.8 Å². The van der Waals surface area contributed by atoms with E-state index in [9.17, 15) is 4.79 Å². The number of anilines is 4. The number of nitrogens with one attached hydrogen (secondary N) is 2. The standard InChI is InChI=1S/C24H23N5O2S/c1-16(30)26-19-4-2-3-17(13-19)21-15-32-22-14-25-24(28-23(21)22)27-18-5-7-20(8-6-18)29-9-11-31-12-10-29/h2-8,13-15H,9-12H2,1H3,(H,26,30)(H,25,27,28)/i13D. The van der Waals surface area contributed by atoms with Gasteiger partial charge in [0.25, 0.3) is 0 Å². The highest BCUT2D eigenvalue weighted by Gasteiger charge is 2.13. The van der Waals surface area contributed by atoms with Gasteiger partial charge in [-0.2, -0.15) is 0 Å². The number of fused-ring (bicyclic) bond motifs is 1. The fraction of sp³-hybridized carbons (Fsp3) is 0.208. The first kappa shape index (κ1) is 19.2. The van der Waals surface area contributed by atoms with Crippen molar-refractivity contribution in [1.82, 2.24) is 9.97 Å². The Hall–Kier alpha value is -3.49. The second-order valence-electron chi connectivity index (χ2n) is 7.49. The van der Waals surface area contributed by atoms with Crippen molar-refractivity contribution in [2.45, 2.75) is 6.92 Å². The molecule has 0 atom stereocenters. The summed E-state index contributed by atoms with van der Waals surface area (Å²) in [6, 6.07) is 13.9. The van der Waals surface area contributed by atoms with Crippen molar-refractivity contribution in [3.05, 3.63) is 60.1 Å². The molecule has 2 aromatic heterocycles. The molecule has 0 unspecified atom stereocenters.